The first-order chi connectivity index (χ1) is 16.9. The molecule has 0 radical (unpaired) electrons. The van der Waals surface area contributed by atoms with E-state index in [4.69, 9.17) is 9.16 Å². The summed E-state index contributed by atoms with van der Waals surface area (Å²) in [6.45, 7) is 12.1. The molecule has 194 valence electrons. The molecular formula is C27H37FN4O3Si. The molecule has 1 amide bonds. The van der Waals surface area contributed by atoms with Crippen molar-refractivity contribution in [2.24, 2.45) is 15.4 Å². The van der Waals surface area contributed by atoms with Crippen molar-refractivity contribution < 1.29 is 18.3 Å². The van der Waals surface area contributed by atoms with Gasteiger partial charge >= 0.3 is 0 Å². The minimum absolute atomic E-state index is 0.0192. The number of halogens is 1. The van der Waals surface area contributed by atoms with E-state index >= 15 is 0 Å². The summed E-state index contributed by atoms with van der Waals surface area (Å²) in [5.41, 5.74) is 2.23. The molecule has 0 aliphatic carbocycles. The van der Waals surface area contributed by atoms with Crippen molar-refractivity contribution in [3.05, 3.63) is 65.0 Å². The highest BCUT2D eigenvalue weighted by Crippen LogP contribution is 2.37. The van der Waals surface area contributed by atoms with E-state index in [-0.39, 0.29) is 28.7 Å². The average molecular weight is 513 g/mol. The van der Waals surface area contributed by atoms with Gasteiger partial charge in [-0.25, -0.2) is 4.39 Å². The molecule has 7 nitrogen and oxygen atoms in total. The van der Waals surface area contributed by atoms with Gasteiger partial charge in [-0.15, -0.1) is 5.10 Å². The maximum absolute atomic E-state index is 13.6. The summed E-state index contributed by atoms with van der Waals surface area (Å²) in [5.74, 6) is 0.0166. The Hall–Kier alpha value is -2.91. The van der Waals surface area contributed by atoms with Gasteiger partial charge in [0.25, 0.3) is 5.91 Å². The molecule has 0 fully saturated rings. The largest absolute Gasteiger partial charge is 0.496 e. The second-order valence-electron chi connectivity index (χ2n) is 10.7. The van der Waals surface area contributed by atoms with E-state index in [1.807, 2.05) is 6.07 Å². The molecule has 1 aliphatic rings. The van der Waals surface area contributed by atoms with E-state index < -0.39 is 8.32 Å². The molecular weight excluding hydrogens is 475 g/mol. The Balaban J connectivity index is 1.80. The Morgan fingerprint density at radius 1 is 1.17 bits per heavy atom. The van der Waals surface area contributed by atoms with E-state index in [0.717, 1.165) is 11.1 Å². The summed E-state index contributed by atoms with van der Waals surface area (Å²) >= 11 is 0. The van der Waals surface area contributed by atoms with Crippen LogP contribution in [0.4, 0.5) is 4.39 Å². The first-order valence-corrected chi connectivity index (χ1v) is 15.1. The number of ether oxygens (including phenoxy) is 1. The van der Waals surface area contributed by atoms with Crippen LogP contribution in [0, 0.1) is 5.82 Å². The van der Waals surface area contributed by atoms with Crippen LogP contribution in [0.25, 0.3) is 0 Å². The number of carbonyl (C=O) groups excluding carboxylic acids is 1. The molecule has 0 spiro atoms. The molecule has 0 aromatic heterocycles. The molecule has 1 heterocycles. The van der Waals surface area contributed by atoms with Gasteiger partial charge < -0.3 is 14.1 Å². The highest BCUT2D eigenvalue weighted by atomic mass is 28.4. The van der Waals surface area contributed by atoms with Gasteiger partial charge in [-0.2, -0.15) is 5.11 Å². The Morgan fingerprint density at radius 2 is 1.86 bits per heavy atom. The van der Waals surface area contributed by atoms with E-state index in [9.17, 15) is 9.18 Å². The van der Waals surface area contributed by atoms with E-state index in [1.54, 1.807) is 49.5 Å². The fourth-order valence-electron chi connectivity index (χ4n) is 3.83. The highest BCUT2D eigenvalue weighted by molar-refractivity contribution is 6.74. The van der Waals surface area contributed by atoms with Crippen molar-refractivity contribution in [3.63, 3.8) is 0 Å². The Labute approximate surface area is 214 Å². The van der Waals surface area contributed by atoms with Gasteiger partial charge in [-0.05, 0) is 65.2 Å². The molecule has 0 saturated heterocycles. The smallest absolute Gasteiger partial charge is 0.257 e. The Morgan fingerprint density at radius 3 is 2.44 bits per heavy atom. The summed E-state index contributed by atoms with van der Waals surface area (Å²) in [6.07, 6.45) is 2.35. The van der Waals surface area contributed by atoms with E-state index in [1.165, 1.54) is 12.1 Å². The Kier molecular flexibility index (Phi) is 8.79. The lowest BCUT2D eigenvalue weighted by molar-refractivity contribution is 0.0778. The van der Waals surface area contributed by atoms with Crippen molar-refractivity contribution in [2.75, 3.05) is 27.3 Å². The third kappa shape index (κ3) is 6.64. The van der Waals surface area contributed by atoms with Crippen LogP contribution in [0.2, 0.25) is 18.1 Å². The number of carbonyl (C=O) groups is 1. The van der Waals surface area contributed by atoms with Gasteiger partial charge in [0.15, 0.2) is 8.32 Å². The van der Waals surface area contributed by atoms with Gasteiger partial charge in [0.1, 0.15) is 17.6 Å². The van der Waals surface area contributed by atoms with Gasteiger partial charge in [0.05, 0.1) is 18.9 Å². The molecule has 2 unspecified atom stereocenters. The van der Waals surface area contributed by atoms with Crippen LogP contribution in [0.3, 0.4) is 0 Å². The molecule has 1 aliphatic heterocycles. The van der Waals surface area contributed by atoms with Crippen molar-refractivity contribution in [3.8, 4) is 5.75 Å². The molecule has 0 bridgehead atoms. The second kappa shape index (κ2) is 11.4. The molecule has 2 aromatic rings. The fourth-order valence-corrected chi connectivity index (χ4v) is 4.89. The molecule has 2 atom stereocenters. The van der Waals surface area contributed by atoms with Crippen LogP contribution in [-0.4, -0.2) is 52.6 Å². The summed E-state index contributed by atoms with van der Waals surface area (Å²) in [5, 5.41) is 11.6. The van der Waals surface area contributed by atoms with E-state index in [0.29, 0.717) is 30.9 Å². The summed E-state index contributed by atoms with van der Waals surface area (Å²) < 4.78 is 25.5. The summed E-state index contributed by atoms with van der Waals surface area (Å²) in [6, 6.07) is 11.6. The van der Waals surface area contributed by atoms with Gasteiger partial charge in [-0.3, -0.25) is 4.79 Å². The third-order valence-corrected chi connectivity index (χ3v) is 11.7. The molecule has 9 heteroatoms. The number of hydrogen-bond acceptors (Lipinski definition) is 6. The van der Waals surface area contributed by atoms with Crippen LogP contribution >= 0.6 is 0 Å². The van der Waals surface area contributed by atoms with Crippen LogP contribution in [-0.2, 0) is 4.43 Å². The monoisotopic (exact) mass is 512 g/mol. The third-order valence-electron chi connectivity index (χ3n) is 7.15. The number of hydrogen-bond donors (Lipinski definition) is 0. The first-order valence-electron chi connectivity index (χ1n) is 12.2. The first kappa shape index (κ1) is 27.7. The minimum atomic E-state index is -1.91. The zero-order chi connectivity index (χ0) is 26.5. The number of rotatable bonds is 10. The maximum atomic E-state index is 13.6. The topological polar surface area (TPSA) is 75.9 Å². The lowest BCUT2D eigenvalue weighted by Gasteiger charge is -2.36. The van der Waals surface area contributed by atoms with Gasteiger partial charge in [0, 0.05) is 26.1 Å². The number of likely N-dealkylation sites (N-methyl/N-ethyl adjacent to an activating group) is 1. The average Bonchev–Trinajstić information content (AvgIpc) is 3.37. The predicted molar refractivity (Wildman–Crippen MR) is 143 cm³/mol. The summed E-state index contributed by atoms with van der Waals surface area (Å²) in [4.78, 5) is 15.2. The van der Waals surface area contributed by atoms with Crippen molar-refractivity contribution in [2.45, 2.75) is 57.3 Å². The number of benzene rings is 2. The lowest BCUT2D eigenvalue weighted by Crippen LogP contribution is -2.41. The van der Waals surface area contributed by atoms with Gasteiger partial charge in [-0.1, -0.05) is 39.0 Å². The van der Waals surface area contributed by atoms with Crippen molar-refractivity contribution >= 4 is 20.4 Å². The fraction of sp³-hybridized carbons (Fsp3) is 0.481. The minimum Gasteiger partial charge on any atom is -0.496 e. The van der Waals surface area contributed by atoms with Crippen LogP contribution < -0.4 is 4.74 Å². The summed E-state index contributed by atoms with van der Waals surface area (Å²) in [7, 11) is 1.41. The zero-order valence-electron chi connectivity index (χ0n) is 22.3. The highest BCUT2D eigenvalue weighted by Gasteiger charge is 2.37. The molecule has 2 aromatic carbocycles. The van der Waals surface area contributed by atoms with Crippen LogP contribution in [0.5, 0.6) is 5.75 Å². The zero-order valence-corrected chi connectivity index (χ0v) is 23.3. The predicted octanol–water partition coefficient (Wildman–Crippen LogP) is 6.59. The van der Waals surface area contributed by atoms with Crippen LogP contribution in [0.1, 0.15) is 60.6 Å². The SMILES string of the molecule is COc1ccc(C2C=NN=N2)cc1C(=O)N(C)CC(CCO[Si](C)(C)C(C)(C)C)c1ccc(F)cc1. The standard InChI is InChI=1S/C27H37FN4O3Si/c1-27(2,3)36(6,7)35-15-14-21(19-8-11-22(28)12-9-19)18-32(4)26(33)23-16-20(10-13-25(23)34-5)24-17-29-31-30-24/h8-13,16-17,21,24H,14-15,18H2,1-7H3. The van der Waals surface area contributed by atoms with Crippen LogP contribution in [0.15, 0.2) is 57.9 Å². The molecule has 0 N–H and O–H groups in total. The normalized spacial score (nSPS) is 16.3. The Bertz CT molecular complexity index is 1100. The molecule has 36 heavy (non-hydrogen) atoms. The number of nitrogens with zero attached hydrogens (tertiary/aromatic N) is 4. The molecule has 3 rings (SSSR count). The lowest BCUT2D eigenvalue weighted by atomic mass is 9.95. The van der Waals surface area contributed by atoms with E-state index in [2.05, 4.69) is 49.3 Å². The number of amides is 1. The number of methoxy groups -OCH3 is 1. The second-order valence-corrected chi connectivity index (χ2v) is 15.5. The van der Waals surface area contributed by atoms with Crippen molar-refractivity contribution in [1.82, 2.24) is 4.90 Å². The maximum Gasteiger partial charge on any atom is 0.257 e. The quantitative estimate of drug-likeness (QED) is 0.337. The van der Waals surface area contributed by atoms with Gasteiger partial charge in [0.2, 0.25) is 0 Å². The van der Waals surface area contributed by atoms with Crippen molar-refractivity contribution in [1.29, 1.82) is 0 Å². The molecule has 0 saturated carbocycles.